The Bertz CT molecular complexity index is 670. The monoisotopic (exact) mass is 330 g/mol. The van der Waals surface area contributed by atoms with E-state index in [1.807, 2.05) is 23.5 Å². The summed E-state index contributed by atoms with van der Waals surface area (Å²) in [4.78, 5) is 8.00. The summed E-state index contributed by atoms with van der Waals surface area (Å²) < 4.78 is 13.3. The van der Waals surface area contributed by atoms with Crippen molar-refractivity contribution in [1.82, 2.24) is 9.80 Å². The Balaban J connectivity index is 1.31. The van der Waals surface area contributed by atoms with Gasteiger partial charge in [-0.15, -0.1) is 11.3 Å². The van der Waals surface area contributed by atoms with Gasteiger partial charge in [0.2, 0.25) is 0 Å². The van der Waals surface area contributed by atoms with E-state index in [2.05, 4.69) is 28.9 Å². The average Bonchev–Trinajstić information content (AvgIpc) is 3.14. The summed E-state index contributed by atoms with van der Waals surface area (Å²) in [6.07, 6.45) is 0. The smallest absolute Gasteiger partial charge is 0.123 e. The molecule has 0 amide bonds. The topological polar surface area (TPSA) is 6.48 Å². The molecule has 2 fully saturated rings. The van der Waals surface area contributed by atoms with Gasteiger partial charge in [-0.05, 0) is 48.6 Å². The standard InChI is InChI=1S/C19H23FN2S/c1-14-5-6-19(23-14)13-22-11-16-9-21(10-17(16)12-22)8-15-3-2-4-18(20)7-15/h2-7,16-17H,8-13H2,1H3/t16-,17+. The van der Waals surface area contributed by atoms with Crippen LogP contribution in [0.4, 0.5) is 4.39 Å². The molecule has 2 saturated heterocycles. The Hall–Kier alpha value is -1.23. The van der Waals surface area contributed by atoms with Gasteiger partial charge in [-0.2, -0.15) is 0 Å². The molecular formula is C19H23FN2S. The second-order valence-electron chi connectivity index (χ2n) is 7.05. The first-order valence-electron chi connectivity index (χ1n) is 8.40. The van der Waals surface area contributed by atoms with Gasteiger partial charge in [0.15, 0.2) is 0 Å². The lowest BCUT2D eigenvalue weighted by atomic mass is 10.0. The fraction of sp³-hybridized carbons (Fsp3) is 0.474. The number of likely N-dealkylation sites (tertiary alicyclic amines) is 2. The van der Waals surface area contributed by atoms with E-state index in [-0.39, 0.29) is 5.82 Å². The second-order valence-corrected chi connectivity index (χ2v) is 8.42. The highest BCUT2D eigenvalue weighted by Crippen LogP contribution is 2.33. The maximum atomic E-state index is 13.3. The number of halogens is 1. The highest BCUT2D eigenvalue weighted by molar-refractivity contribution is 7.11. The van der Waals surface area contributed by atoms with E-state index in [4.69, 9.17) is 0 Å². The zero-order valence-electron chi connectivity index (χ0n) is 13.5. The molecule has 4 heteroatoms. The van der Waals surface area contributed by atoms with Crippen molar-refractivity contribution in [3.63, 3.8) is 0 Å². The van der Waals surface area contributed by atoms with Crippen molar-refractivity contribution in [3.8, 4) is 0 Å². The van der Waals surface area contributed by atoms with E-state index in [9.17, 15) is 4.39 Å². The molecule has 2 nitrogen and oxygen atoms in total. The largest absolute Gasteiger partial charge is 0.298 e. The molecule has 1 aromatic carbocycles. The van der Waals surface area contributed by atoms with Crippen molar-refractivity contribution in [2.45, 2.75) is 20.0 Å². The van der Waals surface area contributed by atoms with Crippen LogP contribution in [0.3, 0.4) is 0 Å². The van der Waals surface area contributed by atoms with Crippen LogP contribution in [0.1, 0.15) is 15.3 Å². The molecule has 0 saturated carbocycles. The number of hydrogen-bond donors (Lipinski definition) is 0. The molecule has 0 spiro atoms. The summed E-state index contributed by atoms with van der Waals surface area (Å²) >= 11 is 1.92. The van der Waals surface area contributed by atoms with Crippen molar-refractivity contribution >= 4 is 11.3 Å². The molecule has 122 valence electrons. The number of rotatable bonds is 4. The van der Waals surface area contributed by atoms with E-state index in [1.54, 1.807) is 6.07 Å². The van der Waals surface area contributed by atoms with E-state index in [1.165, 1.54) is 28.9 Å². The lowest BCUT2D eigenvalue weighted by molar-refractivity contribution is 0.247. The molecule has 3 heterocycles. The van der Waals surface area contributed by atoms with E-state index in [0.29, 0.717) is 0 Å². The van der Waals surface area contributed by atoms with Crippen LogP contribution in [-0.2, 0) is 13.1 Å². The third-order valence-electron chi connectivity index (χ3n) is 5.11. The van der Waals surface area contributed by atoms with Gasteiger partial charge in [0.05, 0.1) is 0 Å². The molecule has 2 aliphatic rings. The van der Waals surface area contributed by atoms with Gasteiger partial charge >= 0.3 is 0 Å². The van der Waals surface area contributed by atoms with Crippen LogP contribution in [0.5, 0.6) is 0 Å². The fourth-order valence-corrected chi connectivity index (χ4v) is 5.06. The van der Waals surface area contributed by atoms with E-state index < -0.39 is 0 Å². The molecule has 4 rings (SSSR count). The number of aryl methyl sites for hydroxylation is 1. The highest BCUT2D eigenvalue weighted by Gasteiger charge is 2.39. The number of fused-ring (bicyclic) bond motifs is 1. The minimum absolute atomic E-state index is 0.126. The Labute approximate surface area is 141 Å². The average molecular weight is 330 g/mol. The third-order valence-corrected chi connectivity index (χ3v) is 6.09. The minimum atomic E-state index is -0.126. The lowest BCUT2D eigenvalue weighted by Crippen LogP contribution is -2.28. The molecule has 0 bridgehead atoms. The maximum absolute atomic E-state index is 13.3. The Kier molecular flexibility index (Phi) is 4.22. The molecule has 2 aromatic rings. The SMILES string of the molecule is Cc1ccc(CN2C[C@H]3CN(Cc4cccc(F)c4)C[C@H]3C2)s1. The summed E-state index contributed by atoms with van der Waals surface area (Å²) in [5.74, 6) is 1.44. The number of nitrogens with zero attached hydrogens (tertiary/aromatic N) is 2. The first-order chi connectivity index (χ1) is 11.2. The van der Waals surface area contributed by atoms with Gasteiger partial charge in [-0.3, -0.25) is 9.80 Å². The van der Waals surface area contributed by atoms with Crippen molar-refractivity contribution in [3.05, 3.63) is 57.5 Å². The summed E-state index contributed by atoms with van der Waals surface area (Å²) in [6, 6.07) is 11.5. The van der Waals surface area contributed by atoms with Crippen LogP contribution in [0.15, 0.2) is 36.4 Å². The first-order valence-corrected chi connectivity index (χ1v) is 9.22. The molecule has 2 aliphatic heterocycles. The quantitative estimate of drug-likeness (QED) is 0.842. The van der Waals surface area contributed by atoms with Crippen LogP contribution in [0, 0.1) is 24.6 Å². The number of hydrogen-bond acceptors (Lipinski definition) is 3. The van der Waals surface area contributed by atoms with Crippen LogP contribution in [0.25, 0.3) is 0 Å². The summed E-state index contributed by atoms with van der Waals surface area (Å²) in [6.45, 7) is 8.90. The zero-order chi connectivity index (χ0) is 15.8. The highest BCUT2D eigenvalue weighted by atomic mass is 32.1. The fourth-order valence-electron chi connectivity index (χ4n) is 4.13. The van der Waals surface area contributed by atoms with E-state index >= 15 is 0 Å². The first kappa shape index (κ1) is 15.3. The maximum Gasteiger partial charge on any atom is 0.123 e. The third kappa shape index (κ3) is 3.49. The van der Waals surface area contributed by atoms with Crippen LogP contribution in [-0.4, -0.2) is 36.0 Å². The summed E-state index contributed by atoms with van der Waals surface area (Å²) in [5.41, 5.74) is 1.09. The predicted molar refractivity (Wildman–Crippen MR) is 93.0 cm³/mol. The molecule has 0 radical (unpaired) electrons. The van der Waals surface area contributed by atoms with Crippen molar-refractivity contribution in [1.29, 1.82) is 0 Å². The molecule has 2 atom stereocenters. The predicted octanol–water partition coefficient (Wildman–Crippen LogP) is 3.76. The second kappa shape index (κ2) is 6.34. The van der Waals surface area contributed by atoms with Gasteiger partial charge in [0, 0.05) is 49.0 Å². The Morgan fingerprint density at radius 2 is 1.70 bits per heavy atom. The van der Waals surface area contributed by atoms with Gasteiger partial charge < -0.3 is 0 Å². The van der Waals surface area contributed by atoms with Gasteiger partial charge in [-0.1, -0.05) is 12.1 Å². The number of thiophene rings is 1. The molecule has 23 heavy (non-hydrogen) atoms. The van der Waals surface area contributed by atoms with Gasteiger partial charge in [0.1, 0.15) is 5.82 Å². The normalized spacial score (nSPS) is 25.1. The van der Waals surface area contributed by atoms with E-state index in [0.717, 1.165) is 43.6 Å². The summed E-state index contributed by atoms with van der Waals surface area (Å²) in [5, 5.41) is 0. The van der Waals surface area contributed by atoms with Crippen molar-refractivity contribution < 1.29 is 4.39 Å². The molecule has 0 aliphatic carbocycles. The molecule has 0 unspecified atom stereocenters. The Morgan fingerprint density at radius 3 is 2.30 bits per heavy atom. The van der Waals surface area contributed by atoms with Gasteiger partial charge in [-0.25, -0.2) is 4.39 Å². The minimum Gasteiger partial charge on any atom is -0.298 e. The van der Waals surface area contributed by atoms with Crippen LogP contribution in [0.2, 0.25) is 0 Å². The number of benzene rings is 1. The Morgan fingerprint density at radius 1 is 1.00 bits per heavy atom. The molecule has 0 N–H and O–H groups in total. The zero-order valence-corrected chi connectivity index (χ0v) is 14.4. The van der Waals surface area contributed by atoms with Crippen molar-refractivity contribution in [2.24, 2.45) is 11.8 Å². The lowest BCUT2D eigenvalue weighted by Gasteiger charge is -2.21. The van der Waals surface area contributed by atoms with Gasteiger partial charge in [0.25, 0.3) is 0 Å². The summed E-state index contributed by atoms with van der Waals surface area (Å²) in [7, 11) is 0. The van der Waals surface area contributed by atoms with Crippen LogP contribution < -0.4 is 0 Å². The van der Waals surface area contributed by atoms with Crippen molar-refractivity contribution in [2.75, 3.05) is 26.2 Å². The molecule has 1 aromatic heterocycles. The molecular weight excluding hydrogens is 307 g/mol. The van der Waals surface area contributed by atoms with Crippen LogP contribution >= 0.6 is 11.3 Å².